The molecular formula is C2H11NNaO4P. The third kappa shape index (κ3) is 396. The molecule has 0 aromatic heterocycles. The number of phosphoric acid groups is 1. The first-order valence-electron chi connectivity index (χ1n) is 1.90. The van der Waals surface area contributed by atoms with Crippen LogP contribution in [0.5, 0.6) is 0 Å². The number of hydrogen-bond donors (Lipinski definition) is 4. The molecule has 0 radical (unpaired) electrons. The predicted octanol–water partition coefficient (Wildman–Crippen LogP) is -1.61. The van der Waals surface area contributed by atoms with E-state index in [0.29, 0.717) is 0 Å². The molecule has 0 fully saturated rings. The van der Waals surface area contributed by atoms with Crippen LogP contribution in [-0.2, 0) is 4.57 Å². The second-order valence-corrected chi connectivity index (χ2v) is 1.95. The van der Waals surface area contributed by atoms with E-state index in [1.54, 1.807) is 0 Å². The van der Waals surface area contributed by atoms with E-state index >= 15 is 0 Å². The average molecular weight is 167 g/mol. The van der Waals surface area contributed by atoms with Crippen molar-refractivity contribution in [3.05, 3.63) is 0 Å². The zero-order chi connectivity index (χ0) is 7.21. The van der Waals surface area contributed by atoms with Gasteiger partial charge in [-0.05, 0) is 6.54 Å². The normalized spacial score (nSPS) is 8.56. The van der Waals surface area contributed by atoms with Crippen LogP contribution in [0.25, 0.3) is 0 Å². The van der Waals surface area contributed by atoms with Gasteiger partial charge in [0.2, 0.25) is 0 Å². The van der Waals surface area contributed by atoms with Crippen molar-refractivity contribution in [2.75, 3.05) is 6.54 Å². The average Bonchev–Trinajstić information content (AvgIpc) is 1.27. The van der Waals surface area contributed by atoms with Crippen LogP contribution < -0.4 is 5.73 Å². The fourth-order valence-corrected chi connectivity index (χ4v) is 0. The first-order chi connectivity index (χ1) is 3.41. The van der Waals surface area contributed by atoms with E-state index in [2.05, 4.69) is 0 Å². The molecule has 0 saturated carbocycles. The topological polar surface area (TPSA) is 104 Å². The number of rotatable bonds is 0. The number of nitrogens with two attached hydrogens (primary N) is 1. The second kappa shape index (κ2) is 9.07. The maximum atomic E-state index is 8.88. The van der Waals surface area contributed by atoms with Gasteiger partial charge in [0.1, 0.15) is 0 Å². The van der Waals surface area contributed by atoms with Crippen LogP contribution in [0, 0.1) is 0 Å². The van der Waals surface area contributed by atoms with Crippen LogP contribution in [0.1, 0.15) is 6.92 Å². The molecule has 7 heteroatoms. The summed E-state index contributed by atoms with van der Waals surface area (Å²) in [5.74, 6) is 0. The summed E-state index contributed by atoms with van der Waals surface area (Å²) in [5.41, 5.74) is 4.85. The van der Waals surface area contributed by atoms with Gasteiger partial charge in [0, 0.05) is 0 Å². The molecular weight excluding hydrogens is 156 g/mol. The molecule has 0 spiro atoms. The molecule has 0 saturated heterocycles. The Bertz CT molecular complexity index is 74.4. The molecule has 0 unspecified atom stereocenters. The van der Waals surface area contributed by atoms with Gasteiger partial charge in [0.05, 0.1) is 0 Å². The third-order valence-electron chi connectivity index (χ3n) is 0. The summed E-state index contributed by atoms with van der Waals surface area (Å²) in [7, 11) is -4.64. The zero-order valence-electron chi connectivity index (χ0n) is 4.48. The molecule has 5 nitrogen and oxygen atoms in total. The molecule has 0 aliphatic rings. The van der Waals surface area contributed by atoms with Gasteiger partial charge in [-0.3, -0.25) is 0 Å². The van der Waals surface area contributed by atoms with Crippen LogP contribution in [0.15, 0.2) is 0 Å². The van der Waals surface area contributed by atoms with Gasteiger partial charge in [0.25, 0.3) is 0 Å². The monoisotopic (exact) mass is 167 g/mol. The molecule has 0 aliphatic heterocycles. The Kier molecular flexibility index (Phi) is 16.7. The molecule has 0 atom stereocenters. The molecule has 54 valence electrons. The Hall–Kier alpha value is 1.07. The quantitative estimate of drug-likeness (QED) is 0.256. The van der Waals surface area contributed by atoms with Gasteiger partial charge >= 0.3 is 37.4 Å². The standard InChI is InChI=1S/C2H7N.Na.H3O4P.H/c1-2-3;;1-5(2,3)4;/h2-3H2,1H3;;(H3,1,2,3,4);. The van der Waals surface area contributed by atoms with Gasteiger partial charge < -0.3 is 20.4 Å². The van der Waals surface area contributed by atoms with E-state index in [0.717, 1.165) is 6.54 Å². The molecule has 0 aromatic carbocycles. The van der Waals surface area contributed by atoms with E-state index in [-0.39, 0.29) is 29.6 Å². The Morgan fingerprint density at radius 1 is 1.44 bits per heavy atom. The summed E-state index contributed by atoms with van der Waals surface area (Å²) >= 11 is 0. The molecule has 0 amide bonds. The fourth-order valence-electron chi connectivity index (χ4n) is 0. The summed E-state index contributed by atoms with van der Waals surface area (Å²) in [5, 5.41) is 0. The van der Waals surface area contributed by atoms with Crippen molar-refractivity contribution in [1.82, 2.24) is 0 Å². The summed E-state index contributed by atoms with van der Waals surface area (Å²) in [6.07, 6.45) is 0. The van der Waals surface area contributed by atoms with Crippen molar-refractivity contribution in [2.24, 2.45) is 5.73 Å². The van der Waals surface area contributed by atoms with Crippen molar-refractivity contribution < 1.29 is 19.2 Å². The van der Waals surface area contributed by atoms with Crippen LogP contribution in [0.4, 0.5) is 0 Å². The maximum absolute atomic E-state index is 8.88. The van der Waals surface area contributed by atoms with Crippen molar-refractivity contribution in [1.29, 1.82) is 0 Å². The van der Waals surface area contributed by atoms with E-state index < -0.39 is 7.82 Å². The minimum atomic E-state index is -4.64. The van der Waals surface area contributed by atoms with Crippen LogP contribution in [0.2, 0.25) is 0 Å². The van der Waals surface area contributed by atoms with Gasteiger partial charge in [-0.1, -0.05) is 6.92 Å². The second-order valence-electron chi connectivity index (χ2n) is 0.922. The minimum absolute atomic E-state index is 0. The Balaban J connectivity index is -0.0000000800. The van der Waals surface area contributed by atoms with Crippen LogP contribution >= 0.6 is 7.82 Å². The van der Waals surface area contributed by atoms with Gasteiger partial charge in [-0.2, -0.15) is 0 Å². The molecule has 0 aromatic rings. The van der Waals surface area contributed by atoms with Crippen molar-refractivity contribution in [3.8, 4) is 0 Å². The van der Waals surface area contributed by atoms with Crippen molar-refractivity contribution >= 4 is 37.4 Å². The van der Waals surface area contributed by atoms with E-state index in [9.17, 15) is 0 Å². The molecule has 9 heavy (non-hydrogen) atoms. The summed E-state index contributed by atoms with van der Waals surface area (Å²) in [4.78, 5) is 21.6. The van der Waals surface area contributed by atoms with Gasteiger partial charge in [-0.15, -0.1) is 0 Å². The van der Waals surface area contributed by atoms with E-state index in [1.807, 2.05) is 6.92 Å². The third-order valence-corrected chi connectivity index (χ3v) is 0. The summed E-state index contributed by atoms with van der Waals surface area (Å²) in [6.45, 7) is 2.65. The number of hydrogen-bond acceptors (Lipinski definition) is 2. The van der Waals surface area contributed by atoms with Crippen molar-refractivity contribution in [2.45, 2.75) is 6.92 Å². The Morgan fingerprint density at radius 2 is 1.44 bits per heavy atom. The molecule has 0 aliphatic carbocycles. The van der Waals surface area contributed by atoms with Gasteiger partial charge in [-0.25, -0.2) is 4.57 Å². The Labute approximate surface area is 75.8 Å². The first kappa shape index (κ1) is 16.6. The van der Waals surface area contributed by atoms with E-state index in [4.69, 9.17) is 25.0 Å². The summed E-state index contributed by atoms with van der Waals surface area (Å²) < 4.78 is 8.88. The Morgan fingerprint density at radius 3 is 1.44 bits per heavy atom. The molecule has 5 N–H and O–H groups in total. The first-order valence-corrected chi connectivity index (χ1v) is 3.46. The predicted molar refractivity (Wildman–Crippen MR) is 36.1 cm³/mol. The van der Waals surface area contributed by atoms with Gasteiger partial charge in [0.15, 0.2) is 0 Å². The van der Waals surface area contributed by atoms with Crippen LogP contribution in [0.3, 0.4) is 0 Å². The molecule has 0 rings (SSSR count). The van der Waals surface area contributed by atoms with Crippen LogP contribution in [-0.4, -0.2) is 50.8 Å². The zero-order valence-corrected chi connectivity index (χ0v) is 5.38. The summed E-state index contributed by atoms with van der Waals surface area (Å²) in [6, 6.07) is 0. The van der Waals surface area contributed by atoms with Crippen molar-refractivity contribution in [3.63, 3.8) is 0 Å². The molecule has 0 bridgehead atoms. The fraction of sp³-hybridized carbons (Fsp3) is 1.00. The molecule has 0 heterocycles. The SMILES string of the molecule is CCN.O=P(O)(O)O.[NaH]. The van der Waals surface area contributed by atoms with E-state index in [1.165, 1.54) is 0 Å².